The molecule has 0 aromatic carbocycles. The average Bonchev–Trinajstić information content (AvgIpc) is 1.97. The maximum Gasteiger partial charge on any atom is 0.0612 e. The van der Waals surface area contributed by atoms with E-state index < -0.39 is 0 Å². The molecule has 0 aliphatic heterocycles. The molecule has 0 bridgehead atoms. The fourth-order valence-corrected chi connectivity index (χ4v) is 0.743. The van der Waals surface area contributed by atoms with Crippen LogP contribution in [0.5, 0.6) is 0 Å². The highest BCUT2D eigenvalue weighted by molar-refractivity contribution is 4.80. The van der Waals surface area contributed by atoms with Gasteiger partial charge in [0.15, 0.2) is 0 Å². The lowest BCUT2D eigenvalue weighted by molar-refractivity contribution is 0.342. The predicted molar refractivity (Wildman–Crippen MR) is 44.9 cm³/mol. The Morgan fingerprint density at radius 1 is 1.10 bits per heavy atom. The molecule has 0 radical (unpaired) electrons. The first kappa shape index (κ1) is 9.44. The molecule has 0 aliphatic carbocycles. The zero-order valence-electron chi connectivity index (χ0n) is 6.42. The number of aliphatic hydroxyl groups excluding tert-OH is 1. The average molecular weight is 140 g/mol. The SMILES string of the molecule is C=CCCCC/C=C/CO. The van der Waals surface area contributed by atoms with Crippen LogP contribution in [0, 0.1) is 0 Å². The zero-order chi connectivity index (χ0) is 7.66. The maximum atomic E-state index is 8.37. The van der Waals surface area contributed by atoms with Crippen LogP contribution in [0.3, 0.4) is 0 Å². The third kappa shape index (κ3) is 7.44. The number of rotatable bonds is 6. The molecule has 0 heterocycles. The van der Waals surface area contributed by atoms with Crippen LogP contribution in [-0.2, 0) is 0 Å². The van der Waals surface area contributed by atoms with Gasteiger partial charge in [0.2, 0.25) is 0 Å². The van der Waals surface area contributed by atoms with E-state index in [1.807, 2.05) is 12.2 Å². The standard InChI is InChI=1S/C9H16O/c1-2-3-4-5-6-7-8-9-10/h2,7-8,10H,1,3-6,9H2/b8-7+. The maximum absolute atomic E-state index is 8.37. The Kier molecular flexibility index (Phi) is 7.97. The van der Waals surface area contributed by atoms with Crippen molar-refractivity contribution in [3.8, 4) is 0 Å². The summed E-state index contributed by atoms with van der Waals surface area (Å²) in [7, 11) is 0. The first-order valence-electron chi connectivity index (χ1n) is 3.78. The molecule has 0 aromatic heterocycles. The highest BCUT2D eigenvalue weighted by Crippen LogP contribution is 2.00. The van der Waals surface area contributed by atoms with E-state index in [4.69, 9.17) is 5.11 Å². The minimum atomic E-state index is 0.168. The smallest absolute Gasteiger partial charge is 0.0612 e. The first-order chi connectivity index (χ1) is 4.91. The fourth-order valence-electron chi connectivity index (χ4n) is 0.743. The van der Waals surface area contributed by atoms with Gasteiger partial charge in [-0.1, -0.05) is 18.2 Å². The molecule has 1 N–H and O–H groups in total. The summed E-state index contributed by atoms with van der Waals surface area (Å²) < 4.78 is 0. The van der Waals surface area contributed by atoms with E-state index in [1.165, 1.54) is 12.8 Å². The van der Waals surface area contributed by atoms with Crippen molar-refractivity contribution in [2.75, 3.05) is 6.61 Å². The van der Waals surface area contributed by atoms with Gasteiger partial charge in [-0.25, -0.2) is 0 Å². The van der Waals surface area contributed by atoms with Crippen molar-refractivity contribution >= 4 is 0 Å². The van der Waals surface area contributed by atoms with Crippen molar-refractivity contribution < 1.29 is 5.11 Å². The van der Waals surface area contributed by atoms with Crippen LogP contribution < -0.4 is 0 Å². The third-order valence-electron chi connectivity index (χ3n) is 1.30. The van der Waals surface area contributed by atoms with Crippen molar-refractivity contribution in [3.63, 3.8) is 0 Å². The van der Waals surface area contributed by atoms with Gasteiger partial charge in [-0.3, -0.25) is 0 Å². The predicted octanol–water partition coefficient (Wildman–Crippen LogP) is 2.28. The Bertz CT molecular complexity index is 94.9. The Morgan fingerprint density at radius 2 is 1.80 bits per heavy atom. The molecule has 10 heavy (non-hydrogen) atoms. The molecule has 0 aliphatic rings. The Hall–Kier alpha value is -0.560. The highest BCUT2D eigenvalue weighted by atomic mass is 16.2. The van der Waals surface area contributed by atoms with Gasteiger partial charge in [0.25, 0.3) is 0 Å². The summed E-state index contributed by atoms with van der Waals surface area (Å²) in [5.41, 5.74) is 0. The van der Waals surface area contributed by atoms with Gasteiger partial charge in [0.1, 0.15) is 0 Å². The van der Waals surface area contributed by atoms with Crippen molar-refractivity contribution in [1.29, 1.82) is 0 Å². The van der Waals surface area contributed by atoms with Crippen LogP contribution in [0.2, 0.25) is 0 Å². The second-order valence-electron chi connectivity index (χ2n) is 2.23. The van der Waals surface area contributed by atoms with E-state index in [1.54, 1.807) is 6.08 Å². The minimum absolute atomic E-state index is 0.168. The number of aliphatic hydroxyl groups is 1. The van der Waals surface area contributed by atoms with Crippen LogP contribution in [-0.4, -0.2) is 11.7 Å². The molecule has 1 nitrogen and oxygen atoms in total. The molecule has 0 atom stereocenters. The number of unbranched alkanes of at least 4 members (excludes halogenated alkanes) is 3. The van der Waals surface area contributed by atoms with Gasteiger partial charge in [-0.15, -0.1) is 6.58 Å². The van der Waals surface area contributed by atoms with Crippen molar-refractivity contribution in [2.24, 2.45) is 0 Å². The Morgan fingerprint density at radius 3 is 2.40 bits per heavy atom. The number of hydrogen-bond donors (Lipinski definition) is 1. The number of allylic oxidation sites excluding steroid dienone is 2. The van der Waals surface area contributed by atoms with Gasteiger partial charge < -0.3 is 5.11 Å². The first-order valence-corrected chi connectivity index (χ1v) is 3.78. The lowest BCUT2D eigenvalue weighted by Gasteiger charge is -1.90. The Balaban J connectivity index is 2.89. The fraction of sp³-hybridized carbons (Fsp3) is 0.556. The molecule has 0 rings (SSSR count). The summed E-state index contributed by atoms with van der Waals surface area (Å²) >= 11 is 0. The van der Waals surface area contributed by atoms with Gasteiger partial charge in [0.05, 0.1) is 6.61 Å². The van der Waals surface area contributed by atoms with Crippen LogP contribution >= 0.6 is 0 Å². The van der Waals surface area contributed by atoms with E-state index in [2.05, 4.69) is 6.58 Å². The lowest BCUT2D eigenvalue weighted by Crippen LogP contribution is -1.74. The lowest BCUT2D eigenvalue weighted by atomic mass is 10.2. The third-order valence-corrected chi connectivity index (χ3v) is 1.30. The van der Waals surface area contributed by atoms with E-state index in [-0.39, 0.29) is 6.61 Å². The quantitative estimate of drug-likeness (QED) is 0.443. The zero-order valence-corrected chi connectivity index (χ0v) is 6.42. The van der Waals surface area contributed by atoms with Gasteiger partial charge in [-0.2, -0.15) is 0 Å². The van der Waals surface area contributed by atoms with E-state index in [0.717, 1.165) is 12.8 Å². The van der Waals surface area contributed by atoms with Crippen LogP contribution in [0.4, 0.5) is 0 Å². The summed E-state index contributed by atoms with van der Waals surface area (Å²) in [5, 5.41) is 8.37. The van der Waals surface area contributed by atoms with Crippen molar-refractivity contribution in [1.82, 2.24) is 0 Å². The van der Waals surface area contributed by atoms with Gasteiger partial charge in [0, 0.05) is 0 Å². The largest absolute Gasteiger partial charge is 0.392 e. The van der Waals surface area contributed by atoms with Crippen LogP contribution in [0.15, 0.2) is 24.8 Å². The molecule has 0 fully saturated rings. The normalized spacial score (nSPS) is 10.5. The molecule has 0 amide bonds. The van der Waals surface area contributed by atoms with Crippen molar-refractivity contribution in [3.05, 3.63) is 24.8 Å². The summed E-state index contributed by atoms with van der Waals surface area (Å²) in [6, 6.07) is 0. The molecule has 0 aromatic rings. The number of hydrogen-bond acceptors (Lipinski definition) is 1. The molecule has 0 spiro atoms. The second-order valence-corrected chi connectivity index (χ2v) is 2.23. The summed E-state index contributed by atoms with van der Waals surface area (Å²) in [6.07, 6.45) is 10.3. The minimum Gasteiger partial charge on any atom is -0.392 e. The Labute approximate surface area is 63.1 Å². The summed E-state index contributed by atoms with van der Waals surface area (Å²) in [5.74, 6) is 0. The monoisotopic (exact) mass is 140 g/mol. The second kappa shape index (κ2) is 8.44. The molecular weight excluding hydrogens is 124 g/mol. The van der Waals surface area contributed by atoms with E-state index in [9.17, 15) is 0 Å². The van der Waals surface area contributed by atoms with Gasteiger partial charge >= 0.3 is 0 Å². The van der Waals surface area contributed by atoms with Crippen LogP contribution in [0.25, 0.3) is 0 Å². The van der Waals surface area contributed by atoms with Crippen LogP contribution in [0.1, 0.15) is 25.7 Å². The van der Waals surface area contributed by atoms with E-state index in [0.29, 0.717) is 0 Å². The molecule has 0 saturated heterocycles. The summed E-state index contributed by atoms with van der Waals surface area (Å²) in [6.45, 7) is 3.80. The molecule has 0 saturated carbocycles. The molecular formula is C9H16O. The summed E-state index contributed by atoms with van der Waals surface area (Å²) in [4.78, 5) is 0. The molecule has 0 unspecified atom stereocenters. The highest BCUT2D eigenvalue weighted by Gasteiger charge is 1.81. The molecule has 1 heteroatoms. The van der Waals surface area contributed by atoms with Gasteiger partial charge in [-0.05, 0) is 25.7 Å². The molecule has 58 valence electrons. The van der Waals surface area contributed by atoms with Crippen molar-refractivity contribution in [2.45, 2.75) is 25.7 Å². The van der Waals surface area contributed by atoms with E-state index >= 15 is 0 Å². The topological polar surface area (TPSA) is 20.2 Å².